The second-order valence-electron chi connectivity index (χ2n) is 5.31. The summed E-state index contributed by atoms with van der Waals surface area (Å²) in [5, 5.41) is 3.56. The summed E-state index contributed by atoms with van der Waals surface area (Å²) < 4.78 is 6.10. The predicted molar refractivity (Wildman–Crippen MR) is 91.8 cm³/mol. The third kappa shape index (κ3) is 3.80. The maximum absolute atomic E-state index is 12.2. The lowest BCUT2D eigenvalue weighted by molar-refractivity contribution is -0.130. The summed E-state index contributed by atoms with van der Waals surface area (Å²) in [7, 11) is 1.74. The van der Waals surface area contributed by atoms with Gasteiger partial charge in [0, 0.05) is 20.0 Å². The zero-order chi connectivity index (χ0) is 16.9. The van der Waals surface area contributed by atoms with Crippen molar-refractivity contribution >= 4 is 33.4 Å². The van der Waals surface area contributed by atoms with Crippen molar-refractivity contribution in [3.63, 3.8) is 0 Å². The fourth-order valence-electron chi connectivity index (χ4n) is 2.25. The zero-order valence-corrected chi connectivity index (χ0v) is 14.0. The lowest BCUT2D eigenvalue weighted by Crippen LogP contribution is -2.31. The lowest BCUT2D eigenvalue weighted by atomic mass is 10.3. The van der Waals surface area contributed by atoms with E-state index in [0.717, 1.165) is 15.2 Å². The number of nitrogens with one attached hydrogen (secondary N) is 1. The van der Waals surface area contributed by atoms with Crippen molar-refractivity contribution in [1.82, 2.24) is 15.2 Å². The van der Waals surface area contributed by atoms with Crippen LogP contribution < -0.4 is 5.32 Å². The van der Waals surface area contributed by atoms with Crippen LogP contribution in [0.3, 0.4) is 0 Å². The molecule has 0 radical (unpaired) electrons. The standard InChI is InChI=1S/C17H17N3O3S/c1-20(11-15-19-12-5-2-3-7-14(12)24-15)16(21)8-9-18-17(22)13-6-4-10-23-13/h2-7,10H,8-9,11H2,1H3,(H,18,22). The molecule has 0 saturated heterocycles. The van der Waals surface area contributed by atoms with Gasteiger partial charge < -0.3 is 14.6 Å². The molecule has 0 aliphatic carbocycles. The minimum absolute atomic E-state index is 0.0472. The highest BCUT2D eigenvalue weighted by atomic mass is 32.1. The highest BCUT2D eigenvalue weighted by Crippen LogP contribution is 2.22. The van der Waals surface area contributed by atoms with Crippen LogP contribution in [-0.2, 0) is 11.3 Å². The van der Waals surface area contributed by atoms with Crippen molar-refractivity contribution in [2.24, 2.45) is 0 Å². The van der Waals surface area contributed by atoms with E-state index in [-0.39, 0.29) is 30.5 Å². The van der Waals surface area contributed by atoms with Gasteiger partial charge >= 0.3 is 0 Å². The second kappa shape index (κ2) is 7.27. The first-order chi connectivity index (χ1) is 11.6. The van der Waals surface area contributed by atoms with Crippen molar-refractivity contribution in [3.05, 3.63) is 53.4 Å². The van der Waals surface area contributed by atoms with Gasteiger partial charge in [0.25, 0.3) is 5.91 Å². The molecule has 0 atom stereocenters. The van der Waals surface area contributed by atoms with E-state index in [9.17, 15) is 9.59 Å². The van der Waals surface area contributed by atoms with Crippen molar-refractivity contribution in [2.45, 2.75) is 13.0 Å². The van der Waals surface area contributed by atoms with Gasteiger partial charge in [0.1, 0.15) is 5.01 Å². The number of aromatic nitrogens is 1. The van der Waals surface area contributed by atoms with Gasteiger partial charge in [0.15, 0.2) is 5.76 Å². The van der Waals surface area contributed by atoms with Gasteiger partial charge in [-0.1, -0.05) is 12.1 Å². The summed E-state index contributed by atoms with van der Waals surface area (Å²) >= 11 is 1.58. The molecule has 2 heterocycles. The number of hydrogen-bond acceptors (Lipinski definition) is 5. The molecule has 6 nitrogen and oxygen atoms in total. The number of rotatable bonds is 6. The molecule has 2 amide bonds. The van der Waals surface area contributed by atoms with Crippen LogP contribution >= 0.6 is 11.3 Å². The molecular formula is C17H17N3O3S. The van der Waals surface area contributed by atoms with Gasteiger partial charge in [0.2, 0.25) is 5.91 Å². The van der Waals surface area contributed by atoms with Gasteiger partial charge in [-0.25, -0.2) is 4.98 Å². The molecule has 0 aliphatic rings. The Morgan fingerprint density at radius 1 is 1.25 bits per heavy atom. The Hall–Kier alpha value is -2.67. The van der Waals surface area contributed by atoms with E-state index in [1.165, 1.54) is 6.26 Å². The van der Waals surface area contributed by atoms with E-state index in [2.05, 4.69) is 10.3 Å². The normalized spacial score (nSPS) is 10.7. The van der Waals surface area contributed by atoms with Gasteiger partial charge in [-0.15, -0.1) is 11.3 Å². The Balaban J connectivity index is 1.48. The van der Waals surface area contributed by atoms with Crippen LogP contribution in [0.25, 0.3) is 10.2 Å². The molecule has 0 bridgehead atoms. The molecule has 24 heavy (non-hydrogen) atoms. The van der Waals surface area contributed by atoms with Crippen molar-refractivity contribution in [3.8, 4) is 0 Å². The summed E-state index contributed by atoms with van der Waals surface area (Å²) in [5.41, 5.74) is 0.948. The average molecular weight is 343 g/mol. The summed E-state index contributed by atoms with van der Waals surface area (Å²) in [6.45, 7) is 0.729. The number of thiazole rings is 1. The van der Waals surface area contributed by atoms with Gasteiger partial charge in [-0.05, 0) is 24.3 Å². The zero-order valence-electron chi connectivity index (χ0n) is 13.2. The lowest BCUT2D eigenvalue weighted by Gasteiger charge is -2.15. The number of amides is 2. The molecule has 0 aliphatic heterocycles. The second-order valence-corrected chi connectivity index (χ2v) is 6.42. The smallest absolute Gasteiger partial charge is 0.286 e. The maximum Gasteiger partial charge on any atom is 0.286 e. The minimum Gasteiger partial charge on any atom is -0.459 e. The van der Waals surface area contributed by atoms with Crippen LogP contribution in [0.4, 0.5) is 0 Å². The molecule has 0 fully saturated rings. The van der Waals surface area contributed by atoms with Crippen LogP contribution in [0.5, 0.6) is 0 Å². The van der Waals surface area contributed by atoms with E-state index < -0.39 is 0 Å². The van der Waals surface area contributed by atoms with Crippen molar-refractivity contribution in [2.75, 3.05) is 13.6 Å². The van der Waals surface area contributed by atoms with E-state index in [1.54, 1.807) is 35.4 Å². The molecule has 3 aromatic rings. The van der Waals surface area contributed by atoms with Gasteiger partial charge in [-0.3, -0.25) is 9.59 Å². The summed E-state index contributed by atoms with van der Waals surface area (Å²) in [4.78, 5) is 30.0. The first-order valence-electron chi connectivity index (χ1n) is 7.53. The van der Waals surface area contributed by atoms with Crippen LogP contribution in [-0.4, -0.2) is 35.3 Å². The molecule has 7 heteroatoms. The number of furan rings is 1. The van der Waals surface area contributed by atoms with E-state index in [0.29, 0.717) is 6.54 Å². The highest BCUT2D eigenvalue weighted by molar-refractivity contribution is 7.18. The molecule has 1 aromatic carbocycles. The van der Waals surface area contributed by atoms with E-state index >= 15 is 0 Å². The Morgan fingerprint density at radius 3 is 2.83 bits per heavy atom. The molecule has 0 saturated carbocycles. The largest absolute Gasteiger partial charge is 0.459 e. The molecular weight excluding hydrogens is 326 g/mol. The first kappa shape index (κ1) is 16.2. The molecule has 3 rings (SSSR count). The Kier molecular flexibility index (Phi) is 4.90. The number of hydrogen-bond donors (Lipinski definition) is 1. The third-order valence-electron chi connectivity index (χ3n) is 3.51. The SMILES string of the molecule is CN(Cc1nc2ccccc2s1)C(=O)CCNC(=O)c1ccco1. The van der Waals surface area contributed by atoms with Gasteiger partial charge in [0.05, 0.1) is 23.0 Å². The monoisotopic (exact) mass is 343 g/mol. The first-order valence-corrected chi connectivity index (χ1v) is 8.35. The topological polar surface area (TPSA) is 75.4 Å². The number of para-hydroxylation sites is 1. The number of carbonyl (C=O) groups excluding carboxylic acids is 2. The Bertz CT molecular complexity index is 809. The summed E-state index contributed by atoms with van der Waals surface area (Å²) in [6.07, 6.45) is 1.67. The number of nitrogens with zero attached hydrogens (tertiary/aromatic N) is 2. The number of fused-ring (bicyclic) bond motifs is 1. The molecule has 0 unspecified atom stereocenters. The van der Waals surface area contributed by atoms with Crippen LogP contribution in [0, 0.1) is 0 Å². The molecule has 0 spiro atoms. The summed E-state index contributed by atoms with van der Waals surface area (Å²) in [5.74, 6) is -0.124. The van der Waals surface area contributed by atoms with Crippen LogP contribution in [0.1, 0.15) is 22.0 Å². The van der Waals surface area contributed by atoms with Crippen molar-refractivity contribution in [1.29, 1.82) is 0 Å². The van der Waals surface area contributed by atoms with Crippen molar-refractivity contribution < 1.29 is 14.0 Å². The van der Waals surface area contributed by atoms with E-state index in [1.807, 2.05) is 24.3 Å². The molecule has 2 aromatic heterocycles. The van der Waals surface area contributed by atoms with Crippen LogP contribution in [0.15, 0.2) is 47.1 Å². The summed E-state index contributed by atoms with van der Waals surface area (Å²) in [6, 6.07) is 11.1. The number of benzene rings is 1. The highest BCUT2D eigenvalue weighted by Gasteiger charge is 2.13. The quantitative estimate of drug-likeness (QED) is 0.747. The van der Waals surface area contributed by atoms with E-state index in [4.69, 9.17) is 4.42 Å². The van der Waals surface area contributed by atoms with Gasteiger partial charge in [-0.2, -0.15) is 0 Å². The third-order valence-corrected chi connectivity index (χ3v) is 4.53. The number of carbonyl (C=O) groups is 2. The minimum atomic E-state index is -0.318. The van der Waals surface area contributed by atoms with Crippen LogP contribution in [0.2, 0.25) is 0 Å². The Morgan fingerprint density at radius 2 is 2.08 bits per heavy atom. The molecule has 1 N–H and O–H groups in total. The Labute approximate surface area is 143 Å². The average Bonchev–Trinajstić information content (AvgIpc) is 3.23. The fourth-order valence-corrected chi connectivity index (χ4v) is 3.27. The molecule has 124 valence electrons. The maximum atomic E-state index is 12.2. The fraction of sp³-hybridized carbons (Fsp3) is 0.235. The predicted octanol–water partition coefficient (Wildman–Crippen LogP) is 2.67.